The van der Waals surface area contributed by atoms with Gasteiger partial charge in [0.25, 0.3) is 5.91 Å². The van der Waals surface area contributed by atoms with Gasteiger partial charge >= 0.3 is 0 Å². The molecule has 2 aromatic heterocycles. The van der Waals surface area contributed by atoms with Crippen LogP contribution < -0.4 is 10.6 Å². The summed E-state index contributed by atoms with van der Waals surface area (Å²) >= 11 is 6.78. The number of amides is 2. The van der Waals surface area contributed by atoms with Gasteiger partial charge in [-0.25, -0.2) is 4.98 Å². The molecular weight excluding hydrogens is 468 g/mol. The molecule has 5 rings (SSSR count). The van der Waals surface area contributed by atoms with Crippen molar-refractivity contribution in [2.75, 3.05) is 18.0 Å². The molecule has 0 atom stereocenters. The van der Waals surface area contributed by atoms with E-state index in [0.717, 1.165) is 27.8 Å². The fraction of sp³-hybridized carbons (Fsp3) is 0.280. The van der Waals surface area contributed by atoms with Crippen molar-refractivity contribution in [1.29, 1.82) is 0 Å². The highest BCUT2D eigenvalue weighted by Gasteiger charge is 2.33. The van der Waals surface area contributed by atoms with Gasteiger partial charge in [-0.3, -0.25) is 14.5 Å². The van der Waals surface area contributed by atoms with E-state index >= 15 is 0 Å². The van der Waals surface area contributed by atoms with Gasteiger partial charge in [0, 0.05) is 30.0 Å². The Kier molecular flexibility index (Phi) is 6.14. The van der Waals surface area contributed by atoms with Gasteiger partial charge in [-0.1, -0.05) is 42.2 Å². The van der Waals surface area contributed by atoms with Gasteiger partial charge in [-0.15, -0.1) is 0 Å². The molecule has 0 aliphatic carbocycles. The maximum atomic E-state index is 13.2. The normalized spacial score (nSPS) is 18.4. The zero-order valence-corrected chi connectivity index (χ0v) is 20.3. The Morgan fingerprint density at radius 2 is 2.09 bits per heavy atom. The van der Waals surface area contributed by atoms with E-state index in [1.807, 2.05) is 37.3 Å². The lowest BCUT2D eigenvalue weighted by atomic mass is 9.96. The monoisotopic (exact) mass is 492 g/mol. The first-order valence-electron chi connectivity index (χ1n) is 11.1. The minimum Gasteiger partial charge on any atom is -0.467 e. The predicted molar refractivity (Wildman–Crippen MR) is 138 cm³/mol. The Balaban J connectivity index is 1.51. The van der Waals surface area contributed by atoms with E-state index in [0.29, 0.717) is 47.5 Å². The highest BCUT2D eigenvalue weighted by molar-refractivity contribution is 8.26. The molecule has 2 saturated heterocycles. The molecule has 1 aromatic carbocycles. The predicted octanol–water partition coefficient (Wildman–Crippen LogP) is 4.24. The Morgan fingerprint density at radius 3 is 2.79 bits per heavy atom. The Hall–Kier alpha value is -3.17. The number of thiocarbonyl (C=S) groups is 1. The van der Waals surface area contributed by atoms with Crippen LogP contribution in [-0.2, 0) is 16.1 Å². The van der Waals surface area contributed by atoms with E-state index in [-0.39, 0.29) is 17.7 Å². The van der Waals surface area contributed by atoms with Gasteiger partial charge in [0.15, 0.2) is 0 Å². The molecule has 2 aliphatic rings. The van der Waals surface area contributed by atoms with Gasteiger partial charge in [0.2, 0.25) is 5.91 Å². The summed E-state index contributed by atoms with van der Waals surface area (Å²) in [6.07, 6.45) is 4.84. The summed E-state index contributed by atoms with van der Waals surface area (Å²) in [7, 11) is 0. The van der Waals surface area contributed by atoms with Gasteiger partial charge in [0.05, 0.1) is 23.2 Å². The molecule has 0 saturated carbocycles. The van der Waals surface area contributed by atoms with Crippen LogP contribution in [0, 0.1) is 12.8 Å². The number of benzene rings is 1. The number of thioether (sulfide) groups is 1. The Labute approximate surface area is 207 Å². The lowest BCUT2D eigenvalue weighted by molar-refractivity contribution is -0.123. The van der Waals surface area contributed by atoms with Gasteiger partial charge in [-0.05, 0) is 49.6 Å². The average molecular weight is 493 g/mol. The second-order valence-corrected chi connectivity index (χ2v) is 10.2. The number of aromatic nitrogens is 1. The number of hydrogen-bond acceptors (Lipinski definition) is 7. The van der Waals surface area contributed by atoms with Gasteiger partial charge in [-0.2, -0.15) is 0 Å². The molecule has 0 radical (unpaired) electrons. The number of rotatable bonds is 5. The largest absolute Gasteiger partial charge is 0.467 e. The maximum absolute atomic E-state index is 13.2. The van der Waals surface area contributed by atoms with Crippen LogP contribution in [0.1, 0.15) is 29.7 Å². The Bertz CT molecular complexity index is 1310. The number of primary amides is 1. The van der Waals surface area contributed by atoms with Crippen LogP contribution in [0.2, 0.25) is 0 Å². The van der Waals surface area contributed by atoms with Crippen LogP contribution in [0.3, 0.4) is 0 Å². The second-order valence-electron chi connectivity index (χ2n) is 8.56. The second kappa shape index (κ2) is 9.23. The summed E-state index contributed by atoms with van der Waals surface area (Å²) in [6.45, 7) is 3.70. The molecule has 2 aliphatic heterocycles. The molecule has 174 valence electrons. The lowest BCUT2D eigenvalue weighted by Crippen LogP contribution is -2.39. The highest BCUT2D eigenvalue weighted by Crippen LogP contribution is 2.37. The van der Waals surface area contributed by atoms with Crippen molar-refractivity contribution in [2.24, 2.45) is 11.7 Å². The van der Waals surface area contributed by atoms with Crippen molar-refractivity contribution < 1.29 is 14.0 Å². The fourth-order valence-corrected chi connectivity index (χ4v) is 5.67. The number of hydrogen-bond donors (Lipinski definition) is 1. The number of fused-ring (bicyclic) bond motifs is 1. The van der Waals surface area contributed by atoms with Gasteiger partial charge < -0.3 is 15.1 Å². The quantitative estimate of drug-likeness (QED) is 0.421. The molecular formula is C25H24N4O3S2. The van der Waals surface area contributed by atoms with Crippen molar-refractivity contribution in [3.63, 3.8) is 0 Å². The first-order chi connectivity index (χ1) is 16.4. The van der Waals surface area contributed by atoms with Crippen LogP contribution in [0.4, 0.5) is 5.82 Å². The number of furan rings is 1. The molecule has 2 N–H and O–H groups in total. The van der Waals surface area contributed by atoms with Crippen molar-refractivity contribution in [2.45, 2.75) is 26.3 Å². The lowest BCUT2D eigenvalue weighted by Gasteiger charge is -2.32. The molecule has 7 nitrogen and oxygen atoms in total. The Morgan fingerprint density at radius 1 is 1.29 bits per heavy atom. The zero-order valence-electron chi connectivity index (χ0n) is 18.7. The number of anilines is 1. The molecule has 2 amide bonds. The van der Waals surface area contributed by atoms with E-state index in [4.69, 9.17) is 27.4 Å². The van der Waals surface area contributed by atoms with Crippen LogP contribution in [-0.4, -0.2) is 39.1 Å². The van der Waals surface area contributed by atoms with Crippen LogP contribution in [0.15, 0.2) is 52.0 Å². The third-order valence-corrected chi connectivity index (χ3v) is 7.68. The van der Waals surface area contributed by atoms with Crippen molar-refractivity contribution in [3.8, 4) is 0 Å². The fourth-order valence-electron chi connectivity index (χ4n) is 4.42. The molecule has 0 bridgehead atoms. The summed E-state index contributed by atoms with van der Waals surface area (Å²) in [5.74, 6) is 0.982. The van der Waals surface area contributed by atoms with E-state index in [1.165, 1.54) is 11.8 Å². The summed E-state index contributed by atoms with van der Waals surface area (Å²) in [5, 5.41) is 1.01. The summed E-state index contributed by atoms with van der Waals surface area (Å²) in [4.78, 5) is 34.1. The minimum atomic E-state index is -0.248. The minimum absolute atomic E-state index is 0.111. The summed E-state index contributed by atoms with van der Waals surface area (Å²) in [6, 6.07) is 11.8. The molecule has 2 fully saturated rings. The number of piperidine rings is 1. The van der Waals surface area contributed by atoms with Crippen molar-refractivity contribution >= 4 is 62.9 Å². The number of nitrogens with zero attached hydrogens (tertiary/aromatic N) is 3. The van der Waals surface area contributed by atoms with Crippen molar-refractivity contribution in [3.05, 3.63) is 64.5 Å². The topological polar surface area (TPSA) is 92.7 Å². The summed E-state index contributed by atoms with van der Waals surface area (Å²) in [5.41, 5.74) is 8.40. The SMILES string of the molecule is Cc1cccc2cc(/C=C3\SC(=S)N(Cc4ccco4)C3=O)c(N3CCC(C(N)=O)CC3)nc12. The number of nitrogens with two attached hydrogens (primary N) is 1. The smallest absolute Gasteiger partial charge is 0.266 e. The molecule has 34 heavy (non-hydrogen) atoms. The van der Waals surface area contributed by atoms with E-state index < -0.39 is 0 Å². The molecule has 0 unspecified atom stereocenters. The molecule has 4 heterocycles. The van der Waals surface area contributed by atoms with Crippen LogP contribution in [0.25, 0.3) is 17.0 Å². The number of aryl methyl sites for hydroxylation is 1. The first kappa shape index (κ1) is 22.6. The van der Waals surface area contributed by atoms with Crippen molar-refractivity contribution in [1.82, 2.24) is 9.88 Å². The highest BCUT2D eigenvalue weighted by atomic mass is 32.2. The molecule has 3 aromatic rings. The zero-order chi connectivity index (χ0) is 23.8. The van der Waals surface area contributed by atoms with Gasteiger partial charge in [0.1, 0.15) is 15.9 Å². The number of carbonyl (C=O) groups excluding carboxylic acids is 2. The number of carbonyl (C=O) groups is 2. The maximum Gasteiger partial charge on any atom is 0.266 e. The number of para-hydroxylation sites is 1. The van der Waals surface area contributed by atoms with E-state index in [9.17, 15) is 9.59 Å². The van der Waals surface area contributed by atoms with E-state index in [2.05, 4.69) is 11.0 Å². The standard InChI is InChI=1S/C25H24N4O3S2/c1-15-4-2-5-17-12-18(23(27-21(15)17)28-9-7-16(8-10-28)22(26)30)13-20-24(31)29(25(33)34-20)14-19-6-3-11-32-19/h2-6,11-13,16H,7-10,14H2,1H3,(H2,26,30)/b20-13-. The first-order valence-corrected chi connectivity index (χ1v) is 12.4. The van der Waals surface area contributed by atoms with Crippen LogP contribution >= 0.6 is 24.0 Å². The number of pyridine rings is 1. The summed E-state index contributed by atoms with van der Waals surface area (Å²) < 4.78 is 5.90. The van der Waals surface area contributed by atoms with E-state index in [1.54, 1.807) is 17.2 Å². The third-order valence-electron chi connectivity index (χ3n) is 6.31. The molecule has 0 spiro atoms. The average Bonchev–Trinajstić information content (AvgIpc) is 3.43. The third kappa shape index (κ3) is 4.33. The van der Waals surface area contributed by atoms with Crippen LogP contribution in [0.5, 0.6) is 0 Å². The molecule has 9 heteroatoms.